The molecule has 6 heteroatoms. The van der Waals surface area contributed by atoms with E-state index in [-0.39, 0.29) is 18.5 Å². The van der Waals surface area contributed by atoms with Crippen molar-refractivity contribution in [2.45, 2.75) is 13.5 Å². The summed E-state index contributed by atoms with van der Waals surface area (Å²) in [6.45, 7) is 2.83. The molecule has 1 fully saturated rings. The smallest absolute Gasteiger partial charge is 0.317 e. The molecular weight excluding hydrogens is 270 g/mol. The SMILES string of the molecule is C[C@@H]1CN(C(=O)NCc2cccc(C#N)c2)C[C@H]1C(=O)O. The van der Waals surface area contributed by atoms with Gasteiger partial charge in [-0.3, -0.25) is 4.79 Å². The van der Waals surface area contributed by atoms with E-state index in [1.54, 1.807) is 18.2 Å². The second-order valence-electron chi connectivity index (χ2n) is 5.30. The Morgan fingerprint density at radius 1 is 1.48 bits per heavy atom. The molecule has 1 saturated heterocycles. The molecule has 2 N–H and O–H groups in total. The molecule has 0 bridgehead atoms. The van der Waals surface area contributed by atoms with Crippen LogP contribution in [0.15, 0.2) is 24.3 Å². The van der Waals surface area contributed by atoms with Gasteiger partial charge in [0.2, 0.25) is 0 Å². The van der Waals surface area contributed by atoms with Gasteiger partial charge in [-0.2, -0.15) is 5.26 Å². The van der Waals surface area contributed by atoms with Crippen LogP contribution in [0, 0.1) is 23.2 Å². The number of likely N-dealkylation sites (tertiary alicyclic amines) is 1. The predicted octanol–water partition coefficient (Wildman–Crippen LogP) is 1.42. The number of amides is 2. The van der Waals surface area contributed by atoms with Crippen LogP contribution in [0.5, 0.6) is 0 Å². The molecule has 6 nitrogen and oxygen atoms in total. The van der Waals surface area contributed by atoms with Gasteiger partial charge in [0.1, 0.15) is 0 Å². The lowest BCUT2D eigenvalue weighted by Crippen LogP contribution is -2.38. The lowest BCUT2D eigenvalue weighted by Gasteiger charge is -2.17. The van der Waals surface area contributed by atoms with E-state index in [1.165, 1.54) is 4.90 Å². The Labute approximate surface area is 123 Å². The first kappa shape index (κ1) is 14.9. The van der Waals surface area contributed by atoms with Crippen LogP contribution in [0.1, 0.15) is 18.1 Å². The Kier molecular flexibility index (Phi) is 4.43. The third kappa shape index (κ3) is 3.51. The van der Waals surface area contributed by atoms with Crippen LogP contribution in [0.25, 0.3) is 0 Å². The molecule has 0 radical (unpaired) electrons. The first-order valence-corrected chi connectivity index (χ1v) is 6.76. The van der Waals surface area contributed by atoms with E-state index in [0.29, 0.717) is 18.7 Å². The van der Waals surface area contributed by atoms with Gasteiger partial charge in [0.15, 0.2) is 0 Å². The number of hydrogen-bond acceptors (Lipinski definition) is 3. The summed E-state index contributed by atoms with van der Waals surface area (Å²) in [6, 6.07) is 8.78. The van der Waals surface area contributed by atoms with Crippen molar-refractivity contribution in [3.63, 3.8) is 0 Å². The molecule has 1 heterocycles. The van der Waals surface area contributed by atoms with Gasteiger partial charge in [-0.15, -0.1) is 0 Å². The number of nitrogens with one attached hydrogen (secondary N) is 1. The maximum absolute atomic E-state index is 12.0. The Balaban J connectivity index is 1.91. The zero-order valence-electron chi connectivity index (χ0n) is 11.7. The monoisotopic (exact) mass is 287 g/mol. The summed E-state index contributed by atoms with van der Waals surface area (Å²) < 4.78 is 0. The highest BCUT2D eigenvalue weighted by Crippen LogP contribution is 2.23. The number of carboxylic acids is 1. The maximum Gasteiger partial charge on any atom is 0.317 e. The summed E-state index contributed by atoms with van der Waals surface area (Å²) in [5.41, 5.74) is 1.38. The lowest BCUT2D eigenvalue weighted by atomic mass is 9.99. The largest absolute Gasteiger partial charge is 0.481 e. The summed E-state index contributed by atoms with van der Waals surface area (Å²) in [7, 11) is 0. The molecule has 1 aromatic rings. The minimum absolute atomic E-state index is 0.0461. The standard InChI is InChI=1S/C15H17N3O3/c1-10-8-18(9-13(10)14(19)20)15(21)17-7-12-4-2-3-11(5-12)6-16/h2-5,10,13H,7-9H2,1H3,(H,17,21)(H,19,20)/t10-,13-/m1/s1. The molecule has 1 aliphatic rings. The van der Waals surface area contributed by atoms with Crippen LogP contribution in [0.3, 0.4) is 0 Å². The van der Waals surface area contributed by atoms with Crippen LogP contribution in [-0.2, 0) is 11.3 Å². The fourth-order valence-corrected chi connectivity index (χ4v) is 2.49. The summed E-state index contributed by atoms with van der Waals surface area (Å²) >= 11 is 0. The number of nitriles is 1. The van der Waals surface area contributed by atoms with E-state index in [2.05, 4.69) is 5.32 Å². The van der Waals surface area contributed by atoms with Crippen molar-refractivity contribution in [1.29, 1.82) is 5.26 Å². The van der Waals surface area contributed by atoms with Gasteiger partial charge in [-0.05, 0) is 23.6 Å². The zero-order chi connectivity index (χ0) is 15.4. The molecule has 2 rings (SSSR count). The molecule has 0 aromatic heterocycles. The first-order chi connectivity index (χ1) is 10.0. The summed E-state index contributed by atoms with van der Waals surface area (Å²) in [5, 5.41) is 20.6. The van der Waals surface area contributed by atoms with Crippen LogP contribution >= 0.6 is 0 Å². The molecule has 0 aliphatic carbocycles. The average Bonchev–Trinajstić information content (AvgIpc) is 2.87. The third-order valence-corrected chi connectivity index (χ3v) is 3.72. The minimum atomic E-state index is -0.862. The molecule has 1 aromatic carbocycles. The highest BCUT2D eigenvalue weighted by molar-refractivity contribution is 5.77. The molecule has 2 amide bonds. The number of aliphatic carboxylic acids is 1. The number of rotatable bonds is 3. The second kappa shape index (κ2) is 6.27. The van der Waals surface area contributed by atoms with Crippen molar-refractivity contribution in [1.82, 2.24) is 10.2 Å². The number of carboxylic acid groups (broad SMARTS) is 1. The van der Waals surface area contributed by atoms with Gasteiger partial charge in [0.05, 0.1) is 17.6 Å². The van der Waals surface area contributed by atoms with Crippen molar-refractivity contribution in [2.75, 3.05) is 13.1 Å². The summed E-state index contributed by atoms with van der Waals surface area (Å²) in [5.74, 6) is -1.41. The molecular formula is C15H17N3O3. The molecule has 110 valence electrons. The van der Waals surface area contributed by atoms with Crippen molar-refractivity contribution in [2.24, 2.45) is 11.8 Å². The maximum atomic E-state index is 12.0. The topological polar surface area (TPSA) is 93.4 Å². The van der Waals surface area contributed by atoms with Crippen LogP contribution in [0.2, 0.25) is 0 Å². The Morgan fingerprint density at radius 2 is 2.24 bits per heavy atom. The number of carbonyl (C=O) groups excluding carboxylic acids is 1. The molecule has 0 saturated carbocycles. The number of urea groups is 1. The Hall–Kier alpha value is -2.55. The van der Waals surface area contributed by atoms with Gasteiger partial charge in [0.25, 0.3) is 0 Å². The molecule has 21 heavy (non-hydrogen) atoms. The Morgan fingerprint density at radius 3 is 2.86 bits per heavy atom. The first-order valence-electron chi connectivity index (χ1n) is 6.76. The van der Waals surface area contributed by atoms with Crippen molar-refractivity contribution in [3.05, 3.63) is 35.4 Å². The summed E-state index contributed by atoms with van der Waals surface area (Å²) in [6.07, 6.45) is 0. The van der Waals surface area contributed by atoms with Crippen LogP contribution in [0.4, 0.5) is 4.79 Å². The van der Waals surface area contributed by atoms with E-state index >= 15 is 0 Å². The van der Waals surface area contributed by atoms with Crippen LogP contribution in [-0.4, -0.2) is 35.1 Å². The number of carbonyl (C=O) groups is 2. The predicted molar refractivity (Wildman–Crippen MR) is 75.3 cm³/mol. The summed E-state index contributed by atoms with van der Waals surface area (Å²) in [4.78, 5) is 24.6. The normalized spacial score (nSPS) is 20.9. The minimum Gasteiger partial charge on any atom is -0.481 e. The van der Waals surface area contributed by atoms with Crippen molar-refractivity contribution in [3.8, 4) is 6.07 Å². The molecule has 2 atom stereocenters. The van der Waals surface area contributed by atoms with E-state index in [9.17, 15) is 9.59 Å². The van der Waals surface area contributed by atoms with E-state index < -0.39 is 11.9 Å². The van der Waals surface area contributed by atoms with Gasteiger partial charge in [-0.1, -0.05) is 19.1 Å². The average molecular weight is 287 g/mol. The second-order valence-corrected chi connectivity index (χ2v) is 5.30. The third-order valence-electron chi connectivity index (χ3n) is 3.72. The quantitative estimate of drug-likeness (QED) is 0.879. The van der Waals surface area contributed by atoms with Gasteiger partial charge >= 0.3 is 12.0 Å². The number of benzene rings is 1. The fourth-order valence-electron chi connectivity index (χ4n) is 2.49. The van der Waals surface area contributed by atoms with Gasteiger partial charge in [0, 0.05) is 19.6 Å². The van der Waals surface area contributed by atoms with Crippen LogP contribution < -0.4 is 5.32 Å². The van der Waals surface area contributed by atoms with Gasteiger partial charge in [-0.25, -0.2) is 4.79 Å². The van der Waals surface area contributed by atoms with E-state index in [0.717, 1.165) is 5.56 Å². The van der Waals surface area contributed by atoms with E-state index in [4.69, 9.17) is 10.4 Å². The fraction of sp³-hybridized carbons (Fsp3) is 0.400. The van der Waals surface area contributed by atoms with Crippen molar-refractivity contribution >= 4 is 12.0 Å². The zero-order valence-corrected chi connectivity index (χ0v) is 11.7. The number of nitrogens with zero attached hydrogens (tertiary/aromatic N) is 2. The molecule has 0 spiro atoms. The van der Waals surface area contributed by atoms with E-state index in [1.807, 2.05) is 19.1 Å². The number of hydrogen-bond donors (Lipinski definition) is 2. The molecule has 1 aliphatic heterocycles. The highest BCUT2D eigenvalue weighted by Gasteiger charge is 2.36. The van der Waals surface area contributed by atoms with Crippen molar-refractivity contribution < 1.29 is 14.7 Å². The van der Waals surface area contributed by atoms with Gasteiger partial charge < -0.3 is 15.3 Å². The highest BCUT2D eigenvalue weighted by atomic mass is 16.4. The lowest BCUT2D eigenvalue weighted by molar-refractivity contribution is -0.142. The Bertz CT molecular complexity index is 594. The molecule has 0 unspecified atom stereocenters.